The van der Waals surface area contributed by atoms with Gasteiger partial charge in [-0.05, 0) is 12.1 Å². The second-order valence-electron chi connectivity index (χ2n) is 3.97. The summed E-state index contributed by atoms with van der Waals surface area (Å²) in [6, 6.07) is 5.29. The van der Waals surface area contributed by atoms with E-state index < -0.39 is 21.8 Å². The van der Waals surface area contributed by atoms with Crippen molar-refractivity contribution in [2.24, 2.45) is 0 Å². The van der Waals surface area contributed by atoms with Crippen molar-refractivity contribution in [2.75, 3.05) is 23.4 Å². The molecule has 0 fully saturated rings. The number of benzene rings is 1. The van der Waals surface area contributed by atoms with Crippen LogP contribution >= 0.6 is 0 Å². The maximum absolute atomic E-state index is 11.6. The summed E-state index contributed by atoms with van der Waals surface area (Å²) in [6.07, 6.45) is 0. The summed E-state index contributed by atoms with van der Waals surface area (Å²) in [6.45, 7) is 1.50. The van der Waals surface area contributed by atoms with Gasteiger partial charge in [0.15, 0.2) is 9.84 Å². The topological polar surface area (TPSA) is 113 Å². The van der Waals surface area contributed by atoms with E-state index in [0.29, 0.717) is 0 Å². The van der Waals surface area contributed by atoms with Crippen LogP contribution in [0.25, 0.3) is 0 Å². The number of rotatable bonds is 6. The van der Waals surface area contributed by atoms with Crippen LogP contribution in [0, 0.1) is 0 Å². The van der Waals surface area contributed by atoms with E-state index in [9.17, 15) is 18.0 Å². The largest absolute Gasteiger partial charge is 0.478 e. The number of hydrogen-bond donors (Lipinski definition) is 3. The molecule has 3 N–H and O–H groups in total. The second-order valence-corrected chi connectivity index (χ2v) is 6.44. The molecule has 0 unspecified atom stereocenters. The van der Waals surface area contributed by atoms with Gasteiger partial charge in [-0.3, -0.25) is 0 Å². The SMILES string of the molecule is CCS(=O)(=O)CCNC(=O)Nc1ccccc1C(=O)O. The molecular formula is C12H16N2O5S. The quantitative estimate of drug-likeness (QED) is 0.723. The minimum absolute atomic E-state index is 0.0121. The van der Waals surface area contributed by atoms with Crippen molar-refractivity contribution in [3.8, 4) is 0 Å². The van der Waals surface area contributed by atoms with E-state index in [1.54, 1.807) is 12.1 Å². The standard InChI is InChI=1S/C12H16N2O5S/c1-2-20(18,19)8-7-13-12(17)14-10-6-4-3-5-9(10)11(15)16/h3-6H,2,7-8H2,1H3,(H,15,16)(H2,13,14,17). The van der Waals surface area contributed by atoms with Crippen LogP contribution < -0.4 is 10.6 Å². The zero-order valence-electron chi connectivity index (χ0n) is 10.9. The number of anilines is 1. The summed E-state index contributed by atoms with van der Waals surface area (Å²) in [5, 5.41) is 13.7. The fraction of sp³-hybridized carbons (Fsp3) is 0.333. The van der Waals surface area contributed by atoms with Crippen LogP contribution in [-0.4, -0.2) is 43.6 Å². The summed E-state index contributed by atoms with van der Waals surface area (Å²) < 4.78 is 22.5. The highest BCUT2D eigenvalue weighted by Crippen LogP contribution is 2.14. The summed E-state index contributed by atoms with van der Waals surface area (Å²) in [7, 11) is -3.15. The summed E-state index contributed by atoms with van der Waals surface area (Å²) in [4.78, 5) is 22.5. The van der Waals surface area contributed by atoms with Gasteiger partial charge in [0.25, 0.3) is 0 Å². The molecule has 0 aliphatic rings. The Balaban J connectivity index is 2.57. The van der Waals surface area contributed by atoms with Gasteiger partial charge in [0.2, 0.25) is 0 Å². The van der Waals surface area contributed by atoms with E-state index in [4.69, 9.17) is 5.11 Å². The Morgan fingerprint density at radius 2 is 1.90 bits per heavy atom. The van der Waals surface area contributed by atoms with Crippen molar-refractivity contribution < 1.29 is 23.1 Å². The number of amides is 2. The smallest absolute Gasteiger partial charge is 0.337 e. The molecule has 20 heavy (non-hydrogen) atoms. The van der Waals surface area contributed by atoms with Crippen LogP contribution in [0.2, 0.25) is 0 Å². The number of aromatic carboxylic acids is 1. The molecule has 0 aliphatic carbocycles. The van der Waals surface area contributed by atoms with Crippen molar-refractivity contribution in [2.45, 2.75) is 6.92 Å². The van der Waals surface area contributed by atoms with Crippen LogP contribution in [0.3, 0.4) is 0 Å². The Labute approximate surface area is 116 Å². The van der Waals surface area contributed by atoms with E-state index in [1.807, 2.05) is 0 Å². The summed E-state index contributed by atoms with van der Waals surface area (Å²) >= 11 is 0. The Morgan fingerprint density at radius 3 is 2.50 bits per heavy atom. The first-order valence-corrected chi connectivity index (χ1v) is 7.75. The van der Waals surface area contributed by atoms with Gasteiger partial charge in [-0.25, -0.2) is 18.0 Å². The zero-order chi connectivity index (χ0) is 15.2. The van der Waals surface area contributed by atoms with Gasteiger partial charge in [-0.1, -0.05) is 19.1 Å². The fourth-order valence-electron chi connectivity index (χ4n) is 1.41. The number of carbonyl (C=O) groups excluding carboxylic acids is 1. The molecule has 0 spiro atoms. The van der Waals surface area contributed by atoms with Crippen molar-refractivity contribution in [3.05, 3.63) is 29.8 Å². The van der Waals surface area contributed by atoms with Gasteiger partial charge in [0.1, 0.15) is 0 Å². The lowest BCUT2D eigenvalue weighted by atomic mass is 10.2. The lowest BCUT2D eigenvalue weighted by molar-refractivity contribution is 0.0698. The van der Waals surface area contributed by atoms with Gasteiger partial charge in [-0.15, -0.1) is 0 Å². The molecule has 0 aliphatic heterocycles. The molecule has 0 aromatic heterocycles. The zero-order valence-corrected chi connectivity index (χ0v) is 11.7. The molecule has 0 bridgehead atoms. The van der Waals surface area contributed by atoms with Crippen LogP contribution in [0.15, 0.2) is 24.3 Å². The molecule has 0 radical (unpaired) electrons. The average molecular weight is 300 g/mol. The number of hydrogen-bond acceptors (Lipinski definition) is 4. The van der Waals surface area contributed by atoms with E-state index in [1.165, 1.54) is 19.1 Å². The van der Waals surface area contributed by atoms with E-state index in [-0.39, 0.29) is 29.3 Å². The average Bonchev–Trinajstić information content (AvgIpc) is 2.39. The number of urea groups is 1. The van der Waals surface area contributed by atoms with Gasteiger partial charge in [-0.2, -0.15) is 0 Å². The molecule has 0 saturated carbocycles. The number of sulfone groups is 1. The minimum atomic E-state index is -3.15. The predicted molar refractivity (Wildman–Crippen MR) is 74.8 cm³/mol. The number of carboxylic acids is 1. The summed E-state index contributed by atoms with van der Waals surface area (Å²) in [5.41, 5.74) is 0.111. The first-order chi connectivity index (χ1) is 9.35. The molecule has 1 rings (SSSR count). The molecule has 1 aromatic rings. The first-order valence-electron chi connectivity index (χ1n) is 5.93. The fourth-order valence-corrected chi connectivity index (χ4v) is 2.11. The molecular weight excluding hydrogens is 284 g/mol. The van der Waals surface area contributed by atoms with Crippen molar-refractivity contribution in [3.63, 3.8) is 0 Å². The highest BCUT2D eigenvalue weighted by Gasteiger charge is 2.12. The first kappa shape index (κ1) is 16.0. The van der Waals surface area contributed by atoms with Gasteiger partial charge >= 0.3 is 12.0 Å². The highest BCUT2D eigenvalue weighted by atomic mass is 32.2. The molecule has 0 atom stereocenters. The highest BCUT2D eigenvalue weighted by molar-refractivity contribution is 7.91. The molecule has 0 heterocycles. The van der Waals surface area contributed by atoms with E-state index >= 15 is 0 Å². The Kier molecular flexibility index (Phi) is 5.51. The van der Waals surface area contributed by atoms with Crippen molar-refractivity contribution >= 4 is 27.5 Å². The number of para-hydroxylation sites is 1. The Hall–Kier alpha value is -2.09. The van der Waals surface area contributed by atoms with Crippen LogP contribution in [0.4, 0.5) is 10.5 Å². The third-order valence-electron chi connectivity index (χ3n) is 2.54. The lowest BCUT2D eigenvalue weighted by Crippen LogP contribution is -2.33. The molecule has 0 saturated heterocycles. The molecule has 2 amide bonds. The third kappa shape index (κ3) is 4.88. The second kappa shape index (κ2) is 6.90. The maximum Gasteiger partial charge on any atom is 0.337 e. The number of carbonyl (C=O) groups is 2. The minimum Gasteiger partial charge on any atom is -0.478 e. The van der Waals surface area contributed by atoms with Crippen molar-refractivity contribution in [1.29, 1.82) is 0 Å². The van der Waals surface area contributed by atoms with Crippen LogP contribution in [0.1, 0.15) is 17.3 Å². The maximum atomic E-state index is 11.6. The third-order valence-corrected chi connectivity index (χ3v) is 4.25. The normalized spacial score (nSPS) is 10.8. The van der Waals surface area contributed by atoms with Crippen molar-refractivity contribution in [1.82, 2.24) is 5.32 Å². The van der Waals surface area contributed by atoms with Crippen LogP contribution in [-0.2, 0) is 9.84 Å². The van der Waals surface area contributed by atoms with Gasteiger partial charge in [0.05, 0.1) is 17.0 Å². The van der Waals surface area contributed by atoms with Gasteiger partial charge in [0, 0.05) is 12.3 Å². The number of nitrogens with one attached hydrogen (secondary N) is 2. The predicted octanol–water partition coefficient (Wildman–Crippen LogP) is 0.941. The van der Waals surface area contributed by atoms with E-state index in [0.717, 1.165) is 0 Å². The molecule has 8 heteroatoms. The molecule has 7 nitrogen and oxygen atoms in total. The Morgan fingerprint density at radius 1 is 1.25 bits per heavy atom. The monoisotopic (exact) mass is 300 g/mol. The lowest BCUT2D eigenvalue weighted by Gasteiger charge is -2.09. The van der Waals surface area contributed by atoms with Crippen LogP contribution in [0.5, 0.6) is 0 Å². The molecule has 110 valence electrons. The van der Waals surface area contributed by atoms with E-state index in [2.05, 4.69) is 10.6 Å². The molecule has 1 aromatic carbocycles. The summed E-state index contributed by atoms with van der Waals surface area (Å²) in [5.74, 6) is -1.30. The Bertz CT molecular complexity index is 598. The van der Waals surface area contributed by atoms with Gasteiger partial charge < -0.3 is 15.7 Å². The number of carboxylic acid groups (broad SMARTS) is 1.